The molecule has 0 saturated carbocycles. The van der Waals surface area contributed by atoms with Gasteiger partial charge in [0.05, 0.1) is 11.4 Å². The first-order valence-electron chi connectivity index (χ1n) is 9.93. The third-order valence-electron chi connectivity index (χ3n) is 5.39. The second-order valence-electron chi connectivity index (χ2n) is 7.37. The van der Waals surface area contributed by atoms with E-state index in [9.17, 15) is 4.79 Å². The highest BCUT2D eigenvalue weighted by Gasteiger charge is 2.22. The number of piperidine rings is 1. The SMILES string of the molecule is Cc1[nH]c(-c2ccccc2)c(NC(=O)c2ccncc2)c1CN1CCCCC1. The number of amides is 1. The number of anilines is 1. The molecule has 4 rings (SSSR count). The first-order chi connectivity index (χ1) is 13.7. The monoisotopic (exact) mass is 374 g/mol. The fourth-order valence-electron chi connectivity index (χ4n) is 3.85. The summed E-state index contributed by atoms with van der Waals surface area (Å²) >= 11 is 0. The Balaban J connectivity index is 1.70. The molecule has 1 fully saturated rings. The summed E-state index contributed by atoms with van der Waals surface area (Å²) in [6, 6.07) is 13.6. The van der Waals surface area contributed by atoms with E-state index in [1.165, 1.54) is 24.8 Å². The van der Waals surface area contributed by atoms with Crippen LogP contribution in [-0.2, 0) is 6.54 Å². The van der Waals surface area contributed by atoms with Gasteiger partial charge in [0.25, 0.3) is 5.91 Å². The zero-order chi connectivity index (χ0) is 19.3. The zero-order valence-corrected chi connectivity index (χ0v) is 16.2. The average Bonchev–Trinajstić information content (AvgIpc) is 3.05. The number of carbonyl (C=O) groups excluding carboxylic acids is 1. The summed E-state index contributed by atoms with van der Waals surface area (Å²) in [5.41, 5.74) is 5.80. The van der Waals surface area contributed by atoms with Crippen molar-refractivity contribution in [2.75, 3.05) is 18.4 Å². The minimum atomic E-state index is -0.113. The van der Waals surface area contributed by atoms with Gasteiger partial charge in [-0.2, -0.15) is 0 Å². The van der Waals surface area contributed by atoms with Crippen molar-refractivity contribution in [1.29, 1.82) is 0 Å². The summed E-state index contributed by atoms with van der Waals surface area (Å²) in [6.45, 7) is 5.17. The highest BCUT2D eigenvalue weighted by Crippen LogP contribution is 2.34. The molecule has 0 atom stereocenters. The normalized spacial score (nSPS) is 14.8. The number of aromatic nitrogens is 2. The highest BCUT2D eigenvalue weighted by atomic mass is 16.1. The first-order valence-corrected chi connectivity index (χ1v) is 9.93. The number of carbonyl (C=O) groups is 1. The van der Waals surface area contributed by atoms with Crippen LogP contribution in [0.3, 0.4) is 0 Å². The predicted octanol–water partition coefficient (Wildman–Crippen LogP) is 4.62. The standard InChI is InChI=1S/C23H26N4O/c1-17-20(16-27-14-6-3-7-15-27)22(21(25-17)18-8-4-2-5-9-18)26-23(28)19-10-12-24-13-11-19/h2,4-5,8-13,25H,3,6-7,14-16H2,1H3,(H,26,28). The fourth-order valence-corrected chi connectivity index (χ4v) is 3.85. The summed E-state index contributed by atoms with van der Waals surface area (Å²) in [6.07, 6.45) is 7.08. The van der Waals surface area contributed by atoms with E-state index in [1.807, 2.05) is 18.2 Å². The largest absolute Gasteiger partial charge is 0.357 e. The molecule has 0 radical (unpaired) electrons. The molecule has 28 heavy (non-hydrogen) atoms. The molecular weight excluding hydrogens is 348 g/mol. The zero-order valence-electron chi connectivity index (χ0n) is 16.2. The maximum atomic E-state index is 12.9. The van der Waals surface area contributed by atoms with E-state index < -0.39 is 0 Å². The van der Waals surface area contributed by atoms with Crippen molar-refractivity contribution in [2.24, 2.45) is 0 Å². The van der Waals surface area contributed by atoms with E-state index in [4.69, 9.17) is 0 Å². The van der Waals surface area contributed by atoms with E-state index in [2.05, 4.69) is 39.2 Å². The minimum absolute atomic E-state index is 0.113. The number of aromatic amines is 1. The molecule has 1 aromatic carbocycles. The number of nitrogens with one attached hydrogen (secondary N) is 2. The molecular formula is C23H26N4O. The van der Waals surface area contributed by atoms with Crippen molar-refractivity contribution in [3.63, 3.8) is 0 Å². The van der Waals surface area contributed by atoms with Crippen molar-refractivity contribution in [3.8, 4) is 11.3 Å². The molecule has 0 aliphatic carbocycles. The third-order valence-corrected chi connectivity index (χ3v) is 5.39. The number of aryl methyl sites for hydroxylation is 1. The molecule has 0 spiro atoms. The number of H-pyrrole nitrogens is 1. The van der Waals surface area contributed by atoms with E-state index >= 15 is 0 Å². The molecule has 3 heterocycles. The van der Waals surface area contributed by atoms with Gasteiger partial charge in [-0.15, -0.1) is 0 Å². The molecule has 1 saturated heterocycles. The van der Waals surface area contributed by atoms with Crippen molar-refractivity contribution in [2.45, 2.75) is 32.7 Å². The van der Waals surface area contributed by atoms with Gasteiger partial charge in [0.2, 0.25) is 0 Å². The number of hydrogen-bond acceptors (Lipinski definition) is 3. The lowest BCUT2D eigenvalue weighted by molar-refractivity contribution is 0.102. The molecule has 5 heteroatoms. The quantitative estimate of drug-likeness (QED) is 0.685. The van der Waals surface area contributed by atoms with Crippen LogP contribution in [0.5, 0.6) is 0 Å². The van der Waals surface area contributed by atoms with Gasteiger partial charge in [0, 0.05) is 41.3 Å². The van der Waals surface area contributed by atoms with Crippen LogP contribution in [0.25, 0.3) is 11.3 Å². The number of benzene rings is 1. The lowest BCUT2D eigenvalue weighted by Crippen LogP contribution is -2.29. The predicted molar refractivity (Wildman–Crippen MR) is 112 cm³/mol. The summed E-state index contributed by atoms with van der Waals surface area (Å²) < 4.78 is 0. The summed E-state index contributed by atoms with van der Waals surface area (Å²) in [5.74, 6) is -0.113. The minimum Gasteiger partial charge on any atom is -0.357 e. The van der Waals surface area contributed by atoms with Crippen molar-refractivity contribution >= 4 is 11.6 Å². The van der Waals surface area contributed by atoms with Crippen molar-refractivity contribution < 1.29 is 4.79 Å². The Labute approximate surface area is 165 Å². The van der Waals surface area contributed by atoms with Crippen LogP contribution in [0.2, 0.25) is 0 Å². The molecule has 5 nitrogen and oxygen atoms in total. The topological polar surface area (TPSA) is 61.0 Å². The van der Waals surface area contributed by atoms with Gasteiger partial charge in [-0.25, -0.2) is 0 Å². The van der Waals surface area contributed by atoms with Crippen LogP contribution in [-0.4, -0.2) is 33.9 Å². The maximum absolute atomic E-state index is 12.9. The Bertz CT molecular complexity index is 928. The summed E-state index contributed by atoms with van der Waals surface area (Å²) in [7, 11) is 0. The van der Waals surface area contributed by atoms with Gasteiger partial charge in [-0.1, -0.05) is 36.8 Å². The Hall–Kier alpha value is -2.92. The van der Waals surface area contributed by atoms with Gasteiger partial charge in [-0.05, 0) is 45.0 Å². The Morgan fingerprint density at radius 2 is 1.79 bits per heavy atom. The number of likely N-dealkylation sites (tertiary alicyclic amines) is 1. The molecule has 1 amide bonds. The van der Waals surface area contributed by atoms with Crippen LogP contribution < -0.4 is 5.32 Å². The first kappa shape index (κ1) is 18.4. The van der Waals surface area contributed by atoms with Gasteiger partial charge < -0.3 is 10.3 Å². The Morgan fingerprint density at radius 3 is 2.50 bits per heavy atom. The fraction of sp³-hybridized carbons (Fsp3) is 0.304. The summed E-state index contributed by atoms with van der Waals surface area (Å²) in [4.78, 5) is 22.9. The number of rotatable bonds is 5. The van der Waals surface area contributed by atoms with Gasteiger partial charge in [0.1, 0.15) is 0 Å². The van der Waals surface area contributed by atoms with Crippen LogP contribution >= 0.6 is 0 Å². The van der Waals surface area contributed by atoms with Crippen LogP contribution in [0.1, 0.15) is 40.9 Å². The van der Waals surface area contributed by atoms with Crippen LogP contribution in [0.15, 0.2) is 54.9 Å². The smallest absolute Gasteiger partial charge is 0.255 e. The molecule has 3 aromatic rings. The van der Waals surface area contributed by atoms with Crippen LogP contribution in [0, 0.1) is 6.92 Å². The third kappa shape index (κ3) is 3.99. The van der Waals surface area contributed by atoms with E-state index in [0.29, 0.717) is 5.56 Å². The summed E-state index contributed by atoms with van der Waals surface area (Å²) in [5, 5.41) is 3.18. The van der Waals surface area contributed by atoms with Crippen molar-refractivity contribution in [3.05, 3.63) is 71.7 Å². The Morgan fingerprint density at radius 1 is 1.07 bits per heavy atom. The maximum Gasteiger partial charge on any atom is 0.255 e. The Kier molecular flexibility index (Phi) is 5.53. The van der Waals surface area contributed by atoms with Gasteiger partial charge in [0.15, 0.2) is 0 Å². The van der Waals surface area contributed by atoms with Crippen LogP contribution in [0.4, 0.5) is 5.69 Å². The highest BCUT2D eigenvalue weighted by molar-refractivity contribution is 6.06. The number of pyridine rings is 1. The molecule has 2 N–H and O–H groups in total. The molecule has 0 bridgehead atoms. The second kappa shape index (κ2) is 8.40. The molecule has 144 valence electrons. The van der Waals surface area contributed by atoms with Crippen molar-refractivity contribution in [1.82, 2.24) is 14.9 Å². The average molecular weight is 374 g/mol. The van der Waals surface area contributed by atoms with Gasteiger partial charge in [-0.3, -0.25) is 14.7 Å². The second-order valence-corrected chi connectivity index (χ2v) is 7.37. The molecule has 1 aliphatic heterocycles. The van der Waals surface area contributed by atoms with E-state index in [0.717, 1.165) is 42.3 Å². The molecule has 2 aromatic heterocycles. The van der Waals surface area contributed by atoms with Gasteiger partial charge >= 0.3 is 0 Å². The lowest BCUT2D eigenvalue weighted by Gasteiger charge is -2.27. The molecule has 0 unspecified atom stereocenters. The number of nitrogens with zero attached hydrogens (tertiary/aromatic N) is 2. The van der Waals surface area contributed by atoms with E-state index in [-0.39, 0.29) is 5.91 Å². The van der Waals surface area contributed by atoms with E-state index in [1.54, 1.807) is 24.5 Å². The lowest BCUT2D eigenvalue weighted by atomic mass is 10.1. The number of hydrogen-bond donors (Lipinski definition) is 2. The molecule has 1 aliphatic rings.